The van der Waals surface area contributed by atoms with E-state index in [-0.39, 0.29) is 6.10 Å². The van der Waals surface area contributed by atoms with Crippen molar-refractivity contribution in [3.8, 4) is 11.3 Å². The number of aromatic nitrogens is 3. The minimum Gasteiger partial charge on any atom is -0.367 e. The van der Waals surface area contributed by atoms with Gasteiger partial charge in [-0.2, -0.15) is 0 Å². The van der Waals surface area contributed by atoms with E-state index >= 15 is 0 Å². The van der Waals surface area contributed by atoms with Crippen molar-refractivity contribution in [2.75, 3.05) is 6.54 Å². The van der Waals surface area contributed by atoms with E-state index < -0.39 is 0 Å². The molecule has 0 saturated heterocycles. The van der Waals surface area contributed by atoms with Crippen LogP contribution in [0.5, 0.6) is 0 Å². The number of fused-ring (bicyclic) bond motifs is 2. The number of aryl methyl sites for hydroxylation is 1. The molecule has 1 atom stereocenters. The van der Waals surface area contributed by atoms with Gasteiger partial charge in [0.1, 0.15) is 12.4 Å². The number of nitrogens with one attached hydrogen (secondary N) is 1. The molecule has 1 N–H and O–H groups in total. The minimum atomic E-state index is 0.101. The fourth-order valence-corrected chi connectivity index (χ4v) is 4.31. The molecule has 5 nitrogen and oxygen atoms in total. The second-order valence-corrected chi connectivity index (χ2v) is 7.96. The predicted octanol–water partition coefficient (Wildman–Crippen LogP) is 4.38. The summed E-state index contributed by atoms with van der Waals surface area (Å²) in [6.07, 6.45) is 4.21. The standard InChI is InChI=1S/C23H23ClN4O/c1-27-13-17(20-7-2-3-8-21(20)27)10-25-11-19-14-28-22(12-26-23(28)15-29-19)16-5-4-6-18(24)9-16/h2-9,12-13,19,25H,10-11,14-15H2,1H3. The minimum absolute atomic E-state index is 0.101. The van der Waals surface area contributed by atoms with Gasteiger partial charge < -0.3 is 19.2 Å². The van der Waals surface area contributed by atoms with Crippen LogP contribution in [-0.2, 0) is 31.5 Å². The Kier molecular flexibility index (Phi) is 4.87. The number of imidazole rings is 1. The summed E-state index contributed by atoms with van der Waals surface area (Å²) in [7, 11) is 2.09. The molecule has 0 amide bonds. The van der Waals surface area contributed by atoms with E-state index in [0.717, 1.165) is 41.7 Å². The Hall–Kier alpha value is -2.60. The van der Waals surface area contributed by atoms with Crippen molar-refractivity contribution in [3.05, 3.63) is 77.3 Å². The monoisotopic (exact) mass is 406 g/mol. The van der Waals surface area contributed by atoms with Gasteiger partial charge in [-0.05, 0) is 23.8 Å². The highest BCUT2D eigenvalue weighted by atomic mass is 35.5. The highest BCUT2D eigenvalue weighted by Crippen LogP contribution is 2.27. The van der Waals surface area contributed by atoms with Gasteiger partial charge in [-0.1, -0.05) is 41.9 Å². The van der Waals surface area contributed by atoms with Gasteiger partial charge in [-0.15, -0.1) is 0 Å². The van der Waals surface area contributed by atoms with Crippen LogP contribution in [0.3, 0.4) is 0 Å². The zero-order valence-corrected chi connectivity index (χ0v) is 17.1. The van der Waals surface area contributed by atoms with Crippen molar-refractivity contribution >= 4 is 22.5 Å². The lowest BCUT2D eigenvalue weighted by molar-refractivity contribution is 0.00327. The van der Waals surface area contributed by atoms with E-state index in [1.165, 1.54) is 16.5 Å². The smallest absolute Gasteiger partial charge is 0.135 e. The maximum absolute atomic E-state index is 6.18. The summed E-state index contributed by atoms with van der Waals surface area (Å²) in [6.45, 7) is 2.91. The van der Waals surface area contributed by atoms with Gasteiger partial charge in [0.2, 0.25) is 0 Å². The van der Waals surface area contributed by atoms with Gasteiger partial charge in [-0.25, -0.2) is 4.98 Å². The molecular formula is C23H23ClN4O. The Bertz CT molecular complexity index is 1160. The van der Waals surface area contributed by atoms with Crippen LogP contribution in [0.4, 0.5) is 0 Å². The summed E-state index contributed by atoms with van der Waals surface area (Å²) in [5.74, 6) is 0.963. The molecule has 0 aliphatic carbocycles. The van der Waals surface area contributed by atoms with E-state index in [4.69, 9.17) is 16.3 Å². The normalized spacial score (nSPS) is 16.3. The van der Waals surface area contributed by atoms with Crippen molar-refractivity contribution in [1.29, 1.82) is 0 Å². The summed E-state index contributed by atoms with van der Waals surface area (Å²) in [6, 6.07) is 16.4. The number of hydrogen-bond donors (Lipinski definition) is 1. The van der Waals surface area contributed by atoms with Crippen LogP contribution >= 0.6 is 11.6 Å². The molecule has 6 heteroatoms. The van der Waals surface area contributed by atoms with Gasteiger partial charge in [0.25, 0.3) is 0 Å². The zero-order chi connectivity index (χ0) is 19.8. The second-order valence-electron chi connectivity index (χ2n) is 7.53. The Labute approximate surface area is 174 Å². The van der Waals surface area contributed by atoms with E-state index in [1.807, 2.05) is 24.4 Å². The molecular weight excluding hydrogens is 384 g/mol. The number of rotatable bonds is 5. The second kappa shape index (κ2) is 7.67. The lowest BCUT2D eigenvalue weighted by Crippen LogP contribution is -2.36. The first kappa shape index (κ1) is 18.4. The average Bonchev–Trinajstić information content (AvgIpc) is 3.29. The number of hydrogen-bond acceptors (Lipinski definition) is 3. The molecule has 0 spiro atoms. The van der Waals surface area contributed by atoms with Gasteiger partial charge >= 0.3 is 0 Å². The molecule has 2 aromatic heterocycles. The van der Waals surface area contributed by atoms with Gasteiger partial charge in [0, 0.05) is 47.8 Å². The predicted molar refractivity (Wildman–Crippen MR) is 116 cm³/mol. The summed E-state index contributed by atoms with van der Waals surface area (Å²) < 4.78 is 10.5. The van der Waals surface area contributed by atoms with Crippen molar-refractivity contribution in [1.82, 2.24) is 19.4 Å². The molecule has 2 aromatic carbocycles. The van der Waals surface area contributed by atoms with Crippen LogP contribution in [-0.4, -0.2) is 26.8 Å². The van der Waals surface area contributed by atoms with E-state index in [0.29, 0.717) is 6.61 Å². The average molecular weight is 407 g/mol. The summed E-state index contributed by atoms with van der Waals surface area (Å²) in [5, 5.41) is 5.61. The number of benzene rings is 2. The summed E-state index contributed by atoms with van der Waals surface area (Å²) in [5.41, 5.74) is 4.74. The molecule has 0 bridgehead atoms. The van der Waals surface area contributed by atoms with E-state index in [1.54, 1.807) is 0 Å². The third kappa shape index (κ3) is 3.57. The summed E-state index contributed by atoms with van der Waals surface area (Å²) in [4.78, 5) is 4.53. The Morgan fingerprint density at radius 2 is 2.10 bits per heavy atom. The fourth-order valence-electron chi connectivity index (χ4n) is 4.12. The van der Waals surface area contributed by atoms with Crippen molar-refractivity contribution in [2.45, 2.75) is 25.8 Å². The number of nitrogens with zero attached hydrogens (tertiary/aromatic N) is 3. The molecule has 0 saturated carbocycles. The Morgan fingerprint density at radius 3 is 3.00 bits per heavy atom. The lowest BCUT2D eigenvalue weighted by atomic mass is 10.1. The molecule has 1 aliphatic heterocycles. The zero-order valence-electron chi connectivity index (χ0n) is 16.3. The Balaban J connectivity index is 1.27. The van der Waals surface area contributed by atoms with E-state index in [2.05, 4.69) is 63.0 Å². The summed E-state index contributed by atoms with van der Waals surface area (Å²) >= 11 is 6.18. The first-order valence-corrected chi connectivity index (χ1v) is 10.2. The van der Waals surface area contributed by atoms with Crippen LogP contribution in [0.1, 0.15) is 11.4 Å². The highest BCUT2D eigenvalue weighted by molar-refractivity contribution is 6.30. The molecule has 1 unspecified atom stereocenters. The third-order valence-corrected chi connectivity index (χ3v) is 5.79. The Morgan fingerprint density at radius 1 is 1.21 bits per heavy atom. The van der Waals surface area contributed by atoms with Gasteiger partial charge in [0.15, 0.2) is 0 Å². The quantitative estimate of drug-likeness (QED) is 0.534. The van der Waals surface area contributed by atoms with Crippen LogP contribution in [0.25, 0.3) is 22.2 Å². The van der Waals surface area contributed by atoms with Crippen molar-refractivity contribution in [2.24, 2.45) is 7.05 Å². The van der Waals surface area contributed by atoms with E-state index in [9.17, 15) is 0 Å². The molecule has 4 aromatic rings. The highest BCUT2D eigenvalue weighted by Gasteiger charge is 2.22. The molecule has 3 heterocycles. The topological polar surface area (TPSA) is 44.0 Å². The number of halogens is 1. The van der Waals surface area contributed by atoms with Gasteiger partial charge in [-0.3, -0.25) is 0 Å². The number of ether oxygens (including phenoxy) is 1. The molecule has 148 valence electrons. The lowest BCUT2D eigenvalue weighted by Gasteiger charge is -2.26. The molecule has 0 fully saturated rings. The van der Waals surface area contributed by atoms with Crippen molar-refractivity contribution < 1.29 is 4.74 Å². The molecule has 29 heavy (non-hydrogen) atoms. The largest absolute Gasteiger partial charge is 0.367 e. The molecule has 1 aliphatic rings. The SMILES string of the molecule is Cn1cc(CNCC2Cn3c(-c4cccc(Cl)c4)cnc3CO2)c2ccccc21. The van der Waals surface area contributed by atoms with Crippen LogP contribution in [0.15, 0.2) is 60.9 Å². The molecule has 5 rings (SSSR count). The third-order valence-electron chi connectivity index (χ3n) is 5.56. The number of para-hydroxylation sites is 1. The fraction of sp³-hybridized carbons (Fsp3) is 0.261. The first-order chi connectivity index (χ1) is 14.2. The van der Waals surface area contributed by atoms with Gasteiger partial charge in [0.05, 0.1) is 24.5 Å². The van der Waals surface area contributed by atoms with Crippen LogP contribution in [0, 0.1) is 0 Å². The first-order valence-electron chi connectivity index (χ1n) is 9.84. The maximum Gasteiger partial charge on any atom is 0.135 e. The molecule has 0 radical (unpaired) electrons. The maximum atomic E-state index is 6.18. The van der Waals surface area contributed by atoms with Crippen molar-refractivity contribution in [3.63, 3.8) is 0 Å². The van der Waals surface area contributed by atoms with Crippen LogP contribution in [0.2, 0.25) is 5.02 Å². The van der Waals surface area contributed by atoms with Crippen LogP contribution < -0.4 is 5.32 Å².